The molecule has 0 atom stereocenters. The van der Waals surface area contributed by atoms with E-state index in [4.69, 9.17) is 4.74 Å². The van der Waals surface area contributed by atoms with Crippen LogP contribution in [-0.4, -0.2) is 32.6 Å². The molecule has 0 bridgehead atoms. The minimum atomic E-state index is 0.104. The predicted octanol–water partition coefficient (Wildman–Crippen LogP) is 2.04. The lowest BCUT2D eigenvalue weighted by atomic mass is 10.1. The molecule has 3 nitrogen and oxygen atoms in total. The third-order valence-electron chi connectivity index (χ3n) is 2.51. The van der Waals surface area contributed by atoms with Crippen molar-refractivity contribution in [3.8, 4) is 0 Å². The summed E-state index contributed by atoms with van der Waals surface area (Å²) in [7, 11) is 1.54. The zero-order valence-electron chi connectivity index (χ0n) is 10.2. The normalized spacial score (nSPS) is 10.2. The van der Waals surface area contributed by atoms with Gasteiger partial charge in [-0.3, -0.25) is 4.79 Å². The minimum Gasteiger partial charge on any atom is -0.377 e. The van der Waals surface area contributed by atoms with Crippen LogP contribution in [0.2, 0.25) is 0 Å². The topological polar surface area (TPSA) is 29.5 Å². The lowest BCUT2D eigenvalue weighted by molar-refractivity contribution is -0.121. The number of para-hydroxylation sites is 1. The third kappa shape index (κ3) is 3.35. The van der Waals surface area contributed by atoms with Gasteiger partial charge in [0.2, 0.25) is 0 Å². The number of carbonyl (C=O) groups excluding carboxylic acids is 1. The highest BCUT2D eigenvalue weighted by Crippen LogP contribution is 2.18. The molecule has 0 aliphatic heterocycles. The van der Waals surface area contributed by atoms with Crippen molar-refractivity contribution in [1.29, 1.82) is 0 Å². The van der Waals surface area contributed by atoms with E-state index in [1.165, 1.54) is 5.56 Å². The molecule has 0 unspecified atom stereocenters. The lowest BCUT2D eigenvalue weighted by Gasteiger charge is -2.23. The molecule has 0 aliphatic rings. The predicted molar refractivity (Wildman–Crippen MR) is 65.9 cm³/mol. The molecular weight excluding hydrogens is 202 g/mol. The molecular formula is C13H19NO2. The van der Waals surface area contributed by atoms with E-state index in [1.54, 1.807) is 7.11 Å². The van der Waals surface area contributed by atoms with Gasteiger partial charge in [-0.1, -0.05) is 18.2 Å². The molecule has 3 heteroatoms. The Balaban J connectivity index is 2.75. The van der Waals surface area contributed by atoms with Gasteiger partial charge in [0.25, 0.3) is 0 Å². The fourth-order valence-corrected chi connectivity index (χ4v) is 1.71. The van der Waals surface area contributed by atoms with Crippen LogP contribution in [0.3, 0.4) is 0 Å². The van der Waals surface area contributed by atoms with E-state index in [-0.39, 0.29) is 12.4 Å². The molecule has 0 radical (unpaired) electrons. The fourth-order valence-electron chi connectivity index (χ4n) is 1.71. The largest absolute Gasteiger partial charge is 0.377 e. The molecule has 0 amide bonds. The SMILES string of the molecule is CCN(CC(=O)COC)c1ccccc1C. The van der Waals surface area contributed by atoms with Gasteiger partial charge >= 0.3 is 0 Å². The quantitative estimate of drug-likeness (QED) is 0.736. The standard InChI is InChI=1S/C13H19NO2/c1-4-14(9-12(15)10-16-3)13-8-6-5-7-11(13)2/h5-8H,4,9-10H2,1-3H3. The average Bonchev–Trinajstić information content (AvgIpc) is 2.27. The second-order valence-corrected chi connectivity index (χ2v) is 3.77. The maximum Gasteiger partial charge on any atom is 0.177 e. The van der Waals surface area contributed by atoms with Crippen molar-refractivity contribution >= 4 is 11.5 Å². The van der Waals surface area contributed by atoms with Crippen molar-refractivity contribution in [2.75, 3.05) is 31.7 Å². The van der Waals surface area contributed by atoms with E-state index in [1.807, 2.05) is 25.1 Å². The van der Waals surface area contributed by atoms with E-state index < -0.39 is 0 Å². The molecule has 1 aromatic rings. The number of anilines is 1. The van der Waals surface area contributed by atoms with E-state index >= 15 is 0 Å². The summed E-state index contributed by atoms with van der Waals surface area (Å²) in [5, 5.41) is 0. The summed E-state index contributed by atoms with van der Waals surface area (Å²) in [6.07, 6.45) is 0. The molecule has 0 aliphatic carbocycles. The number of hydrogen-bond acceptors (Lipinski definition) is 3. The number of benzene rings is 1. The Hall–Kier alpha value is -1.35. The van der Waals surface area contributed by atoms with Crippen molar-refractivity contribution in [3.63, 3.8) is 0 Å². The van der Waals surface area contributed by atoms with Gasteiger partial charge in [-0.2, -0.15) is 0 Å². The van der Waals surface area contributed by atoms with Gasteiger partial charge in [-0.05, 0) is 25.5 Å². The first kappa shape index (κ1) is 12.7. The molecule has 0 N–H and O–H groups in total. The number of Topliss-reactive ketones (excluding diaryl/α,β-unsaturated/α-hetero) is 1. The van der Waals surface area contributed by atoms with Gasteiger partial charge in [0.1, 0.15) is 6.61 Å². The van der Waals surface area contributed by atoms with Gasteiger partial charge in [0.15, 0.2) is 5.78 Å². The van der Waals surface area contributed by atoms with Crippen LogP contribution in [0.1, 0.15) is 12.5 Å². The molecule has 0 saturated carbocycles. The summed E-state index contributed by atoms with van der Waals surface area (Å²) in [5.41, 5.74) is 2.31. The van der Waals surface area contributed by atoms with Crippen molar-refractivity contribution < 1.29 is 9.53 Å². The number of ketones is 1. The summed E-state index contributed by atoms with van der Waals surface area (Å²) in [4.78, 5) is 13.6. The Bertz CT molecular complexity index is 350. The second kappa shape index (κ2) is 6.28. The maximum absolute atomic E-state index is 11.5. The van der Waals surface area contributed by atoms with Crippen LogP contribution >= 0.6 is 0 Å². The molecule has 1 rings (SSSR count). The van der Waals surface area contributed by atoms with Crippen LogP contribution in [0, 0.1) is 6.92 Å². The van der Waals surface area contributed by atoms with Crippen molar-refractivity contribution in [2.45, 2.75) is 13.8 Å². The van der Waals surface area contributed by atoms with Crippen LogP contribution in [0.15, 0.2) is 24.3 Å². The highest BCUT2D eigenvalue weighted by atomic mass is 16.5. The smallest absolute Gasteiger partial charge is 0.177 e. The number of nitrogens with zero attached hydrogens (tertiary/aromatic N) is 1. The van der Waals surface area contributed by atoms with Crippen LogP contribution < -0.4 is 4.90 Å². The number of ether oxygens (including phenoxy) is 1. The van der Waals surface area contributed by atoms with Gasteiger partial charge in [-0.25, -0.2) is 0 Å². The van der Waals surface area contributed by atoms with Crippen LogP contribution in [0.4, 0.5) is 5.69 Å². The number of hydrogen-bond donors (Lipinski definition) is 0. The van der Waals surface area contributed by atoms with Crippen molar-refractivity contribution in [2.24, 2.45) is 0 Å². The van der Waals surface area contributed by atoms with E-state index in [2.05, 4.69) is 17.9 Å². The Morgan fingerprint density at radius 2 is 2.06 bits per heavy atom. The van der Waals surface area contributed by atoms with Gasteiger partial charge < -0.3 is 9.64 Å². The van der Waals surface area contributed by atoms with Crippen molar-refractivity contribution in [3.05, 3.63) is 29.8 Å². The molecule has 1 aromatic carbocycles. The van der Waals surface area contributed by atoms with Crippen molar-refractivity contribution in [1.82, 2.24) is 0 Å². The monoisotopic (exact) mass is 221 g/mol. The number of likely N-dealkylation sites (N-methyl/N-ethyl adjacent to an activating group) is 1. The summed E-state index contributed by atoms with van der Waals surface area (Å²) in [5.74, 6) is 0.104. The summed E-state index contributed by atoms with van der Waals surface area (Å²) < 4.78 is 4.84. The zero-order chi connectivity index (χ0) is 12.0. The second-order valence-electron chi connectivity index (χ2n) is 3.77. The number of carbonyl (C=O) groups is 1. The van der Waals surface area contributed by atoms with Gasteiger partial charge in [0, 0.05) is 19.3 Å². The fraction of sp³-hybridized carbons (Fsp3) is 0.462. The number of rotatable bonds is 6. The first-order valence-corrected chi connectivity index (χ1v) is 5.50. The molecule has 16 heavy (non-hydrogen) atoms. The summed E-state index contributed by atoms with van der Waals surface area (Å²) in [6, 6.07) is 8.09. The average molecular weight is 221 g/mol. The molecule has 88 valence electrons. The lowest BCUT2D eigenvalue weighted by Crippen LogP contribution is -2.31. The molecule has 0 aromatic heterocycles. The Morgan fingerprint density at radius 1 is 1.38 bits per heavy atom. The molecule has 0 saturated heterocycles. The first-order chi connectivity index (χ1) is 7.69. The van der Waals surface area contributed by atoms with Crippen LogP contribution in [0.25, 0.3) is 0 Å². The molecule has 0 heterocycles. The highest BCUT2D eigenvalue weighted by Gasteiger charge is 2.11. The van der Waals surface area contributed by atoms with E-state index in [0.717, 1.165) is 12.2 Å². The minimum absolute atomic E-state index is 0.104. The Morgan fingerprint density at radius 3 is 2.62 bits per heavy atom. The summed E-state index contributed by atoms with van der Waals surface area (Å²) in [6.45, 7) is 5.52. The number of aryl methyl sites for hydroxylation is 1. The number of methoxy groups -OCH3 is 1. The summed E-state index contributed by atoms with van der Waals surface area (Å²) >= 11 is 0. The molecule has 0 spiro atoms. The zero-order valence-corrected chi connectivity index (χ0v) is 10.2. The van der Waals surface area contributed by atoms with E-state index in [9.17, 15) is 4.79 Å². The first-order valence-electron chi connectivity index (χ1n) is 5.50. The third-order valence-corrected chi connectivity index (χ3v) is 2.51. The highest BCUT2D eigenvalue weighted by molar-refractivity contribution is 5.84. The maximum atomic E-state index is 11.5. The van der Waals surface area contributed by atoms with Crippen LogP contribution in [0.5, 0.6) is 0 Å². The molecule has 0 fully saturated rings. The Labute approximate surface area is 97.0 Å². The van der Waals surface area contributed by atoms with E-state index in [0.29, 0.717) is 6.54 Å². The van der Waals surface area contributed by atoms with Crippen LogP contribution in [-0.2, 0) is 9.53 Å². The van der Waals surface area contributed by atoms with Gasteiger partial charge in [0.05, 0.1) is 6.54 Å². The Kier molecular flexibility index (Phi) is 4.99. The van der Waals surface area contributed by atoms with Gasteiger partial charge in [-0.15, -0.1) is 0 Å².